The summed E-state index contributed by atoms with van der Waals surface area (Å²) in [5, 5.41) is 11.2. The van der Waals surface area contributed by atoms with Crippen LogP contribution in [0.5, 0.6) is 0 Å². The molecule has 1 aromatic carbocycles. The number of hydrogen-bond acceptors (Lipinski definition) is 6. The Morgan fingerprint density at radius 3 is 2.29 bits per heavy atom. The van der Waals surface area contributed by atoms with Crippen molar-refractivity contribution in [1.82, 2.24) is 0 Å². The lowest BCUT2D eigenvalue weighted by atomic mass is 9.86. The largest absolute Gasteiger partial charge is 0.468 e. The molecule has 1 unspecified atom stereocenters. The number of carbonyl (C=O) groups excluding carboxylic acids is 2. The van der Waals surface area contributed by atoms with E-state index in [-0.39, 0.29) is 0 Å². The molecule has 0 saturated heterocycles. The highest BCUT2D eigenvalue weighted by atomic mass is 35.5. The van der Waals surface area contributed by atoms with Gasteiger partial charge in [0.15, 0.2) is 5.92 Å². The number of esters is 2. The molecule has 0 radical (unpaired) electrons. The van der Waals surface area contributed by atoms with E-state index in [1.54, 1.807) is 18.2 Å². The second-order valence-electron chi connectivity index (χ2n) is 4.20. The van der Waals surface area contributed by atoms with Gasteiger partial charge in [-0.15, -0.1) is 0 Å². The van der Waals surface area contributed by atoms with Gasteiger partial charge >= 0.3 is 11.9 Å². The SMILES string of the molecule is COC(=O)C(C(=O)OC)C(C[N+](=O)[O-])c1cccc(Cl)c1. The fourth-order valence-corrected chi connectivity index (χ4v) is 2.18. The van der Waals surface area contributed by atoms with Crippen LogP contribution in [0.2, 0.25) is 5.02 Å². The number of nitrogens with zero attached hydrogens (tertiary/aromatic N) is 1. The molecule has 0 bridgehead atoms. The minimum absolute atomic E-state index is 0.342. The predicted octanol–water partition coefficient (Wildman–Crippen LogP) is 1.66. The summed E-state index contributed by atoms with van der Waals surface area (Å²) in [6, 6.07) is 6.18. The van der Waals surface area contributed by atoms with Gasteiger partial charge in [-0.1, -0.05) is 23.7 Å². The quantitative estimate of drug-likeness (QED) is 0.343. The average Bonchev–Trinajstić information content (AvgIpc) is 2.45. The first kappa shape index (κ1) is 16.9. The molecule has 0 aliphatic heterocycles. The van der Waals surface area contributed by atoms with Crippen molar-refractivity contribution in [1.29, 1.82) is 0 Å². The fraction of sp³-hybridized carbons (Fsp3) is 0.385. The molecule has 1 aromatic rings. The molecular formula is C13H14ClNO6. The van der Waals surface area contributed by atoms with Crippen LogP contribution in [0.25, 0.3) is 0 Å². The Labute approximate surface area is 125 Å². The van der Waals surface area contributed by atoms with Crippen LogP contribution in [0.15, 0.2) is 24.3 Å². The summed E-state index contributed by atoms with van der Waals surface area (Å²) in [5.41, 5.74) is 0.389. The number of carbonyl (C=O) groups is 2. The van der Waals surface area contributed by atoms with E-state index in [4.69, 9.17) is 11.6 Å². The third-order valence-corrected chi connectivity index (χ3v) is 3.17. The minimum Gasteiger partial charge on any atom is -0.468 e. The van der Waals surface area contributed by atoms with Gasteiger partial charge in [-0.3, -0.25) is 19.7 Å². The van der Waals surface area contributed by atoms with Crippen LogP contribution in [0.4, 0.5) is 0 Å². The van der Waals surface area contributed by atoms with E-state index < -0.39 is 35.2 Å². The van der Waals surface area contributed by atoms with Gasteiger partial charge in [0.2, 0.25) is 6.54 Å². The maximum absolute atomic E-state index is 11.8. The molecule has 21 heavy (non-hydrogen) atoms. The highest BCUT2D eigenvalue weighted by Gasteiger charge is 2.40. The highest BCUT2D eigenvalue weighted by molar-refractivity contribution is 6.30. The standard InChI is InChI=1S/C13H14ClNO6/c1-20-12(16)11(13(17)21-2)10(7-15(18)19)8-4-3-5-9(14)6-8/h3-6,10-11H,7H2,1-2H3. The summed E-state index contributed by atoms with van der Waals surface area (Å²) in [4.78, 5) is 33.9. The molecule has 0 spiro atoms. The number of methoxy groups -OCH3 is 2. The molecule has 8 heteroatoms. The summed E-state index contributed by atoms with van der Waals surface area (Å²) < 4.78 is 9.11. The summed E-state index contributed by atoms with van der Waals surface area (Å²) in [7, 11) is 2.19. The lowest BCUT2D eigenvalue weighted by Gasteiger charge is -2.20. The summed E-state index contributed by atoms with van der Waals surface area (Å²) in [5.74, 6) is -4.25. The van der Waals surface area contributed by atoms with E-state index in [9.17, 15) is 19.7 Å². The Morgan fingerprint density at radius 1 is 1.29 bits per heavy atom. The molecule has 0 aliphatic rings. The number of halogens is 1. The molecule has 1 rings (SSSR count). The Balaban J connectivity index is 3.29. The van der Waals surface area contributed by atoms with Gasteiger partial charge in [0, 0.05) is 9.95 Å². The van der Waals surface area contributed by atoms with Crippen LogP contribution in [-0.4, -0.2) is 37.6 Å². The minimum atomic E-state index is -1.43. The van der Waals surface area contributed by atoms with Crippen LogP contribution in [0, 0.1) is 16.0 Å². The third-order valence-electron chi connectivity index (χ3n) is 2.94. The number of rotatable bonds is 6. The molecule has 0 heterocycles. The molecule has 0 fully saturated rings. The Bertz CT molecular complexity index is 531. The second-order valence-corrected chi connectivity index (χ2v) is 4.64. The van der Waals surface area contributed by atoms with Crippen LogP contribution >= 0.6 is 11.6 Å². The van der Waals surface area contributed by atoms with Crippen molar-refractivity contribution in [3.8, 4) is 0 Å². The maximum Gasteiger partial charge on any atom is 0.320 e. The normalized spacial score (nSPS) is 11.8. The summed E-state index contributed by atoms with van der Waals surface area (Å²) >= 11 is 5.85. The van der Waals surface area contributed by atoms with E-state index in [1.807, 2.05) is 0 Å². The molecule has 0 aliphatic carbocycles. The van der Waals surface area contributed by atoms with Crippen molar-refractivity contribution >= 4 is 23.5 Å². The Morgan fingerprint density at radius 2 is 1.86 bits per heavy atom. The van der Waals surface area contributed by atoms with Crippen LogP contribution in [0.3, 0.4) is 0 Å². The molecule has 1 atom stereocenters. The van der Waals surface area contributed by atoms with Gasteiger partial charge in [-0.2, -0.15) is 0 Å². The predicted molar refractivity (Wildman–Crippen MR) is 73.6 cm³/mol. The van der Waals surface area contributed by atoms with E-state index in [0.717, 1.165) is 14.2 Å². The molecular weight excluding hydrogens is 302 g/mol. The monoisotopic (exact) mass is 315 g/mol. The van der Waals surface area contributed by atoms with Crippen molar-refractivity contribution in [2.24, 2.45) is 5.92 Å². The number of ether oxygens (including phenoxy) is 2. The number of hydrogen-bond donors (Lipinski definition) is 0. The first-order chi connectivity index (χ1) is 9.90. The zero-order chi connectivity index (χ0) is 16.0. The summed E-state index contributed by atoms with van der Waals surface area (Å²) in [6.45, 7) is -0.630. The maximum atomic E-state index is 11.8. The van der Waals surface area contributed by atoms with Gasteiger partial charge in [0.05, 0.1) is 20.1 Å². The molecule has 0 aromatic heterocycles. The van der Waals surface area contributed by atoms with Crippen LogP contribution in [0.1, 0.15) is 11.5 Å². The van der Waals surface area contributed by atoms with Crippen molar-refractivity contribution in [3.63, 3.8) is 0 Å². The number of benzene rings is 1. The van der Waals surface area contributed by atoms with Crippen LogP contribution < -0.4 is 0 Å². The average molecular weight is 316 g/mol. The van der Waals surface area contributed by atoms with Crippen molar-refractivity contribution in [2.75, 3.05) is 20.8 Å². The summed E-state index contributed by atoms with van der Waals surface area (Å²) in [6.07, 6.45) is 0. The van der Waals surface area contributed by atoms with Crippen LogP contribution in [-0.2, 0) is 19.1 Å². The molecule has 0 N–H and O–H groups in total. The topological polar surface area (TPSA) is 95.7 Å². The first-order valence-electron chi connectivity index (χ1n) is 5.93. The lowest BCUT2D eigenvalue weighted by molar-refractivity contribution is -0.484. The molecule has 0 saturated carbocycles. The van der Waals surface area contributed by atoms with Crippen molar-refractivity contribution in [3.05, 3.63) is 45.0 Å². The molecule has 0 amide bonds. The van der Waals surface area contributed by atoms with Gasteiger partial charge in [0.1, 0.15) is 0 Å². The van der Waals surface area contributed by atoms with Crippen molar-refractivity contribution < 1.29 is 24.0 Å². The third kappa shape index (κ3) is 4.42. The molecule has 7 nitrogen and oxygen atoms in total. The van der Waals surface area contributed by atoms with E-state index in [1.165, 1.54) is 6.07 Å². The van der Waals surface area contributed by atoms with E-state index >= 15 is 0 Å². The Hall–Kier alpha value is -2.15. The lowest BCUT2D eigenvalue weighted by Crippen LogP contribution is -2.35. The second kappa shape index (κ2) is 7.58. The van der Waals surface area contributed by atoms with E-state index in [0.29, 0.717) is 10.6 Å². The first-order valence-corrected chi connectivity index (χ1v) is 6.31. The smallest absolute Gasteiger partial charge is 0.320 e. The van der Waals surface area contributed by atoms with Gasteiger partial charge in [0.25, 0.3) is 0 Å². The zero-order valence-electron chi connectivity index (χ0n) is 11.4. The van der Waals surface area contributed by atoms with Gasteiger partial charge < -0.3 is 9.47 Å². The Kier molecular flexibility index (Phi) is 6.10. The highest BCUT2D eigenvalue weighted by Crippen LogP contribution is 2.29. The number of nitro groups is 1. The zero-order valence-corrected chi connectivity index (χ0v) is 12.2. The van der Waals surface area contributed by atoms with Gasteiger partial charge in [-0.05, 0) is 17.7 Å². The fourth-order valence-electron chi connectivity index (χ4n) is 1.98. The molecule has 114 valence electrons. The van der Waals surface area contributed by atoms with Gasteiger partial charge in [-0.25, -0.2) is 0 Å². The van der Waals surface area contributed by atoms with E-state index in [2.05, 4.69) is 9.47 Å². The van der Waals surface area contributed by atoms with Crippen molar-refractivity contribution in [2.45, 2.75) is 5.92 Å².